The van der Waals surface area contributed by atoms with Gasteiger partial charge in [-0.15, -0.1) is 0 Å². The van der Waals surface area contributed by atoms with E-state index in [2.05, 4.69) is 6.92 Å². The Kier molecular flexibility index (Phi) is 11.0. The molecular weight excluding hydrogens is 496 g/mol. The zero-order valence-corrected chi connectivity index (χ0v) is 25.0. The van der Waals surface area contributed by atoms with Gasteiger partial charge in [0.25, 0.3) is 0 Å². The molecule has 0 bridgehead atoms. The van der Waals surface area contributed by atoms with Crippen molar-refractivity contribution in [1.29, 1.82) is 0 Å². The standard InChI is InChI=1S/C32H50O7/c1-7-8-9-10-11-12-13-14-15-19-22-31-24-36-30(5,6)39-32(31,28(34)38-29(2,3)4)26(27(33)37-31)35-23-25-20-17-16-18-21-25/h16-18,20-21,26H,7-15,19,22-24H2,1-6H3/t26-,31+,32-/m1/s1. The van der Waals surface area contributed by atoms with Crippen LogP contribution in [0.25, 0.3) is 0 Å². The Labute approximate surface area is 235 Å². The first-order chi connectivity index (χ1) is 18.4. The highest BCUT2D eigenvalue weighted by atomic mass is 16.8. The van der Waals surface area contributed by atoms with Crippen molar-refractivity contribution in [2.75, 3.05) is 6.61 Å². The number of hydrogen-bond acceptors (Lipinski definition) is 7. The highest BCUT2D eigenvalue weighted by molar-refractivity contribution is 5.95. The van der Waals surface area contributed by atoms with Crippen molar-refractivity contribution in [3.05, 3.63) is 35.9 Å². The van der Waals surface area contributed by atoms with Gasteiger partial charge in [0.1, 0.15) is 5.60 Å². The second kappa shape index (κ2) is 13.6. The molecule has 2 aliphatic rings. The number of carbonyl (C=O) groups excluding carboxylic acids is 2. The molecule has 7 heteroatoms. The van der Waals surface area contributed by atoms with Crippen LogP contribution in [0.4, 0.5) is 0 Å². The first-order valence-electron chi connectivity index (χ1n) is 14.9. The van der Waals surface area contributed by atoms with Gasteiger partial charge in [0.15, 0.2) is 17.5 Å². The van der Waals surface area contributed by atoms with E-state index in [0.29, 0.717) is 6.42 Å². The molecular formula is C32H50O7. The molecule has 0 aromatic heterocycles. The largest absolute Gasteiger partial charge is 0.458 e. The van der Waals surface area contributed by atoms with Crippen LogP contribution in [0, 0.1) is 0 Å². The number of fused-ring (bicyclic) bond motifs is 1. The lowest BCUT2D eigenvalue weighted by molar-refractivity contribution is -0.364. The lowest BCUT2D eigenvalue weighted by Crippen LogP contribution is -2.72. The second-order valence-corrected chi connectivity index (χ2v) is 12.6. The van der Waals surface area contributed by atoms with E-state index in [-0.39, 0.29) is 13.2 Å². The molecule has 0 spiro atoms. The van der Waals surface area contributed by atoms with Crippen molar-refractivity contribution in [3.8, 4) is 0 Å². The topological polar surface area (TPSA) is 80.3 Å². The fourth-order valence-corrected chi connectivity index (χ4v) is 5.55. The van der Waals surface area contributed by atoms with Crippen LogP contribution in [0.3, 0.4) is 0 Å². The maximum absolute atomic E-state index is 14.0. The number of esters is 2. The van der Waals surface area contributed by atoms with Crippen molar-refractivity contribution >= 4 is 11.9 Å². The molecule has 0 saturated carbocycles. The molecule has 2 heterocycles. The first kappa shape index (κ1) is 31.6. The van der Waals surface area contributed by atoms with Gasteiger partial charge in [-0.2, -0.15) is 0 Å². The summed E-state index contributed by atoms with van der Waals surface area (Å²) in [5.41, 5.74) is -3.03. The number of unbranched alkanes of at least 4 members (excludes halogenated alkanes) is 9. The van der Waals surface area contributed by atoms with Gasteiger partial charge in [-0.3, -0.25) is 0 Å². The minimum absolute atomic E-state index is 0.0353. The molecule has 3 atom stereocenters. The van der Waals surface area contributed by atoms with E-state index in [4.69, 9.17) is 23.7 Å². The number of hydrogen-bond donors (Lipinski definition) is 0. The molecule has 2 aliphatic heterocycles. The summed E-state index contributed by atoms with van der Waals surface area (Å²) in [5.74, 6) is -2.41. The Morgan fingerprint density at radius 3 is 2.13 bits per heavy atom. The van der Waals surface area contributed by atoms with E-state index in [0.717, 1.165) is 24.8 Å². The molecule has 0 N–H and O–H groups in total. The van der Waals surface area contributed by atoms with Gasteiger partial charge in [0, 0.05) is 0 Å². The third-order valence-corrected chi connectivity index (χ3v) is 7.51. The molecule has 0 amide bonds. The summed E-state index contributed by atoms with van der Waals surface area (Å²) < 4.78 is 30.6. The molecule has 0 radical (unpaired) electrons. The van der Waals surface area contributed by atoms with Gasteiger partial charge in [0.05, 0.1) is 13.2 Å². The summed E-state index contributed by atoms with van der Waals surface area (Å²) in [6.45, 7) is 11.3. The highest BCUT2D eigenvalue weighted by Gasteiger charge is 2.77. The fourth-order valence-electron chi connectivity index (χ4n) is 5.55. The van der Waals surface area contributed by atoms with Crippen molar-refractivity contribution in [2.24, 2.45) is 0 Å². The van der Waals surface area contributed by atoms with E-state index in [1.54, 1.807) is 34.6 Å². The average molecular weight is 547 g/mol. The van der Waals surface area contributed by atoms with Crippen LogP contribution >= 0.6 is 0 Å². The van der Waals surface area contributed by atoms with E-state index in [1.165, 1.54) is 44.9 Å². The molecule has 1 aromatic rings. The Morgan fingerprint density at radius 1 is 0.949 bits per heavy atom. The van der Waals surface area contributed by atoms with Crippen LogP contribution in [-0.4, -0.2) is 47.2 Å². The molecule has 220 valence electrons. The van der Waals surface area contributed by atoms with Gasteiger partial charge in [0.2, 0.25) is 5.60 Å². The quantitative estimate of drug-likeness (QED) is 0.172. The maximum atomic E-state index is 14.0. The molecule has 3 rings (SSSR count). The summed E-state index contributed by atoms with van der Waals surface area (Å²) in [6.07, 6.45) is 10.9. The predicted molar refractivity (Wildman–Crippen MR) is 150 cm³/mol. The Hall–Kier alpha value is -1.96. The minimum Gasteiger partial charge on any atom is -0.458 e. The Morgan fingerprint density at radius 2 is 1.54 bits per heavy atom. The predicted octanol–water partition coefficient (Wildman–Crippen LogP) is 7.04. The van der Waals surface area contributed by atoms with E-state index in [9.17, 15) is 9.59 Å². The van der Waals surface area contributed by atoms with E-state index in [1.807, 2.05) is 30.3 Å². The van der Waals surface area contributed by atoms with E-state index < -0.39 is 40.6 Å². The number of benzene rings is 1. The third-order valence-electron chi connectivity index (χ3n) is 7.51. The molecule has 0 unspecified atom stereocenters. The van der Waals surface area contributed by atoms with Crippen molar-refractivity contribution < 1.29 is 33.3 Å². The number of rotatable bonds is 15. The van der Waals surface area contributed by atoms with Gasteiger partial charge < -0.3 is 23.7 Å². The summed E-state index contributed by atoms with van der Waals surface area (Å²) in [6, 6.07) is 9.54. The summed E-state index contributed by atoms with van der Waals surface area (Å²) >= 11 is 0. The van der Waals surface area contributed by atoms with E-state index >= 15 is 0 Å². The van der Waals surface area contributed by atoms with Gasteiger partial charge in [-0.25, -0.2) is 9.59 Å². The van der Waals surface area contributed by atoms with Gasteiger partial charge >= 0.3 is 11.9 Å². The smallest absolute Gasteiger partial charge is 0.346 e. The zero-order chi connectivity index (χ0) is 28.6. The lowest BCUT2D eigenvalue weighted by Gasteiger charge is -2.51. The minimum atomic E-state index is -1.78. The Bertz CT molecular complexity index is 922. The monoisotopic (exact) mass is 546 g/mol. The summed E-state index contributed by atoms with van der Waals surface area (Å²) in [7, 11) is 0. The maximum Gasteiger partial charge on any atom is 0.346 e. The Balaban J connectivity index is 1.78. The molecule has 2 fully saturated rings. The summed E-state index contributed by atoms with van der Waals surface area (Å²) in [4.78, 5) is 27.5. The normalized spacial score (nSPS) is 26.2. The summed E-state index contributed by atoms with van der Waals surface area (Å²) in [5, 5.41) is 0. The molecule has 39 heavy (non-hydrogen) atoms. The lowest BCUT2D eigenvalue weighted by atomic mass is 9.76. The number of carbonyl (C=O) groups is 2. The average Bonchev–Trinajstić information content (AvgIpc) is 3.10. The van der Waals surface area contributed by atoms with Crippen LogP contribution < -0.4 is 0 Å². The second-order valence-electron chi connectivity index (χ2n) is 12.6. The molecule has 0 aliphatic carbocycles. The van der Waals surface area contributed by atoms with Gasteiger partial charge in [-0.1, -0.05) is 95.0 Å². The molecule has 2 saturated heterocycles. The van der Waals surface area contributed by atoms with Crippen LogP contribution in [0.5, 0.6) is 0 Å². The van der Waals surface area contributed by atoms with Crippen LogP contribution in [0.15, 0.2) is 30.3 Å². The van der Waals surface area contributed by atoms with Crippen molar-refractivity contribution in [3.63, 3.8) is 0 Å². The van der Waals surface area contributed by atoms with Crippen LogP contribution in [-0.2, 0) is 39.9 Å². The SMILES string of the molecule is CCCCCCCCCCCC[C@]12COC(C)(C)O[C@@]1(C(=O)OC(C)(C)C)[C@H](OCc1ccccc1)C(=O)O2. The van der Waals surface area contributed by atoms with Crippen molar-refractivity contribution in [2.45, 2.75) is 147 Å². The third kappa shape index (κ3) is 8.05. The fraction of sp³-hybridized carbons (Fsp3) is 0.750. The van der Waals surface area contributed by atoms with Gasteiger partial charge in [-0.05, 0) is 53.0 Å². The van der Waals surface area contributed by atoms with Crippen molar-refractivity contribution in [1.82, 2.24) is 0 Å². The number of ether oxygens (including phenoxy) is 5. The zero-order valence-electron chi connectivity index (χ0n) is 25.0. The first-order valence-corrected chi connectivity index (χ1v) is 14.9. The van der Waals surface area contributed by atoms with Crippen LogP contribution in [0.1, 0.15) is 118 Å². The molecule has 1 aromatic carbocycles. The van der Waals surface area contributed by atoms with Crippen LogP contribution in [0.2, 0.25) is 0 Å². The highest BCUT2D eigenvalue weighted by Crippen LogP contribution is 2.52. The molecule has 7 nitrogen and oxygen atoms in total.